The van der Waals surface area contributed by atoms with Crippen LogP contribution in [0.3, 0.4) is 0 Å². The van der Waals surface area contributed by atoms with Crippen LogP contribution in [0.15, 0.2) is 54.6 Å². The van der Waals surface area contributed by atoms with Gasteiger partial charge in [-0.2, -0.15) is 0 Å². The first-order valence-electron chi connectivity index (χ1n) is 8.86. The molecule has 25 heavy (non-hydrogen) atoms. The van der Waals surface area contributed by atoms with Gasteiger partial charge in [-0.05, 0) is 0 Å². The summed E-state index contributed by atoms with van der Waals surface area (Å²) in [6.07, 6.45) is 0. The van der Waals surface area contributed by atoms with Crippen molar-refractivity contribution in [1.29, 1.82) is 0 Å². The van der Waals surface area contributed by atoms with Crippen LogP contribution < -0.4 is 9.78 Å². The van der Waals surface area contributed by atoms with E-state index in [1.54, 1.807) is 0 Å². The molecule has 1 atom stereocenters. The third-order valence-corrected chi connectivity index (χ3v) is 6.68. The number of carbonyl (C=O) groups excluding carboxylic acids is 1. The van der Waals surface area contributed by atoms with E-state index in [1.165, 1.54) is 10.0 Å². The van der Waals surface area contributed by atoms with Crippen LogP contribution in [-0.2, 0) is 5.41 Å². The van der Waals surface area contributed by atoms with E-state index in [4.69, 9.17) is 0 Å². The molecule has 0 unspecified atom stereocenters. The van der Waals surface area contributed by atoms with E-state index in [1.807, 2.05) is 18.2 Å². The zero-order chi connectivity index (χ0) is 18.4. The third kappa shape index (κ3) is 6.02. The standard InChI is InChI=1S/C22H29NOSe/c1-16(2)20(15-25-19-9-7-6-8-10-19)23-21(24)17-11-13-18(14-12-17)22(3,4)5/h6-14,16,20H,15H2,1-5H3,(H,23,24)/t20-/m1/s1. The molecule has 2 aromatic carbocycles. The maximum atomic E-state index is 12.6. The van der Waals surface area contributed by atoms with Crippen molar-refractivity contribution < 1.29 is 4.79 Å². The molecule has 3 heteroatoms. The Morgan fingerprint density at radius 1 is 1.00 bits per heavy atom. The van der Waals surface area contributed by atoms with E-state index in [9.17, 15) is 4.79 Å². The first-order valence-corrected chi connectivity index (χ1v) is 10.9. The van der Waals surface area contributed by atoms with Crippen LogP contribution in [-0.4, -0.2) is 26.9 Å². The average Bonchev–Trinajstić information content (AvgIpc) is 2.58. The molecular formula is C22H29NOSe. The van der Waals surface area contributed by atoms with E-state index >= 15 is 0 Å². The molecule has 0 radical (unpaired) electrons. The summed E-state index contributed by atoms with van der Waals surface area (Å²) >= 11 is 0.375. The molecule has 2 rings (SSSR count). The summed E-state index contributed by atoms with van der Waals surface area (Å²) in [6, 6.07) is 18.8. The number of nitrogens with one attached hydrogen (secondary N) is 1. The third-order valence-electron chi connectivity index (χ3n) is 4.31. The van der Waals surface area contributed by atoms with Crippen LogP contribution in [0.5, 0.6) is 0 Å². The number of hydrogen-bond acceptors (Lipinski definition) is 1. The average molecular weight is 402 g/mol. The fraction of sp³-hybridized carbons (Fsp3) is 0.409. The molecule has 0 saturated heterocycles. The normalized spacial score (nSPS) is 12.9. The predicted molar refractivity (Wildman–Crippen MR) is 108 cm³/mol. The van der Waals surface area contributed by atoms with Crippen molar-refractivity contribution in [1.82, 2.24) is 5.32 Å². The van der Waals surface area contributed by atoms with E-state index in [2.05, 4.69) is 76.3 Å². The number of rotatable bonds is 6. The van der Waals surface area contributed by atoms with E-state index in [-0.39, 0.29) is 17.4 Å². The molecule has 2 aromatic rings. The second kappa shape index (κ2) is 8.69. The molecule has 1 N–H and O–H groups in total. The van der Waals surface area contributed by atoms with Crippen LogP contribution in [0.25, 0.3) is 0 Å². The van der Waals surface area contributed by atoms with Crippen LogP contribution in [0, 0.1) is 5.92 Å². The molecule has 0 aromatic heterocycles. The second-order valence-electron chi connectivity index (χ2n) is 7.78. The molecule has 0 spiro atoms. The number of amides is 1. The zero-order valence-electron chi connectivity index (χ0n) is 15.9. The summed E-state index contributed by atoms with van der Waals surface area (Å²) < 4.78 is 1.38. The molecule has 0 aliphatic carbocycles. The van der Waals surface area contributed by atoms with Gasteiger partial charge in [0.1, 0.15) is 0 Å². The van der Waals surface area contributed by atoms with Crippen molar-refractivity contribution in [3.8, 4) is 0 Å². The van der Waals surface area contributed by atoms with Crippen LogP contribution in [0.2, 0.25) is 5.32 Å². The monoisotopic (exact) mass is 403 g/mol. The quantitative estimate of drug-likeness (QED) is 0.722. The van der Waals surface area contributed by atoms with Gasteiger partial charge in [-0.25, -0.2) is 0 Å². The Kier molecular flexibility index (Phi) is 6.86. The Labute approximate surface area is 158 Å². The van der Waals surface area contributed by atoms with Gasteiger partial charge in [-0.1, -0.05) is 0 Å². The summed E-state index contributed by atoms with van der Waals surface area (Å²) in [7, 11) is 0. The Bertz CT molecular complexity index is 671. The fourth-order valence-electron chi connectivity index (χ4n) is 2.48. The zero-order valence-corrected chi connectivity index (χ0v) is 17.6. The first-order chi connectivity index (χ1) is 11.8. The summed E-state index contributed by atoms with van der Waals surface area (Å²) in [6.45, 7) is 10.9. The molecule has 1 amide bonds. The maximum absolute atomic E-state index is 12.6. The topological polar surface area (TPSA) is 29.1 Å². The van der Waals surface area contributed by atoms with E-state index in [0.29, 0.717) is 20.9 Å². The second-order valence-corrected chi connectivity index (χ2v) is 10.1. The summed E-state index contributed by atoms with van der Waals surface area (Å²) in [5.74, 6) is 0.450. The molecule has 134 valence electrons. The van der Waals surface area contributed by atoms with Gasteiger partial charge in [0, 0.05) is 0 Å². The van der Waals surface area contributed by atoms with Gasteiger partial charge in [-0.15, -0.1) is 0 Å². The SMILES string of the molecule is CC(C)[C@@H](C[Se]c1ccccc1)NC(=O)c1ccc(C(C)(C)C)cc1. The Morgan fingerprint density at radius 3 is 2.12 bits per heavy atom. The fourth-order valence-corrected chi connectivity index (χ4v) is 4.97. The minimum absolute atomic E-state index is 0.0306. The van der Waals surface area contributed by atoms with Gasteiger partial charge in [-0.3, -0.25) is 0 Å². The van der Waals surface area contributed by atoms with Gasteiger partial charge in [0.2, 0.25) is 0 Å². The van der Waals surface area contributed by atoms with Gasteiger partial charge in [0.15, 0.2) is 0 Å². The van der Waals surface area contributed by atoms with Gasteiger partial charge in [0.25, 0.3) is 0 Å². The molecular weight excluding hydrogens is 373 g/mol. The van der Waals surface area contributed by atoms with E-state index < -0.39 is 0 Å². The van der Waals surface area contributed by atoms with E-state index in [0.717, 1.165) is 10.9 Å². The Hall–Kier alpha value is -1.57. The van der Waals surface area contributed by atoms with Gasteiger partial charge in [0.05, 0.1) is 0 Å². The van der Waals surface area contributed by atoms with Crippen molar-refractivity contribution in [2.24, 2.45) is 5.92 Å². The molecule has 0 saturated carbocycles. The summed E-state index contributed by atoms with van der Waals surface area (Å²) in [5, 5.41) is 4.25. The minimum atomic E-state index is 0.0306. The molecule has 0 aliphatic rings. The summed E-state index contributed by atoms with van der Waals surface area (Å²) in [5.41, 5.74) is 2.09. The van der Waals surface area contributed by atoms with Gasteiger partial charge < -0.3 is 0 Å². The Balaban J connectivity index is 2.00. The van der Waals surface area contributed by atoms with Crippen molar-refractivity contribution in [2.45, 2.75) is 51.4 Å². The van der Waals surface area contributed by atoms with Crippen LogP contribution in [0.1, 0.15) is 50.5 Å². The van der Waals surface area contributed by atoms with Gasteiger partial charge >= 0.3 is 158 Å². The molecule has 0 bridgehead atoms. The molecule has 0 aliphatic heterocycles. The molecule has 0 heterocycles. The molecule has 0 fully saturated rings. The van der Waals surface area contributed by atoms with Crippen molar-refractivity contribution in [3.05, 3.63) is 65.7 Å². The number of benzene rings is 2. The van der Waals surface area contributed by atoms with Crippen LogP contribution in [0.4, 0.5) is 0 Å². The first kappa shape index (κ1) is 19.8. The van der Waals surface area contributed by atoms with Crippen LogP contribution >= 0.6 is 0 Å². The van der Waals surface area contributed by atoms with Crippen molar-refractivity contribution in [2.75, 3.05) is 0 Å². The predicted octanol–water partition coefficient (Wildman–Crippen LogP) is 4.19. The number of hydrogen-bond donors (Lipinski definition) is 1. The number of carbonyl (C=O) groups is 1. The van der Waals surface area contributed by atoms with Crippen molar-refractivity contribution in [3.63, 3.8) is 0 Å². The summed E-state index contributed by atoms with van der Waals surface area (Å²) in [4.78, 5) is 12.6. The van der Waals surface area contributed by atoms with Crippen molar-refractivity contribution >= 4 is 25.3 Å². The molecule has 2 nitrogen and oxygen atoms in total. The Morgan fingerprint density at radius 2 is 1.60 bits per heavy atom.